The molecule has 5 N–H and O–H groups in total. The maximum Gasteiger partial charge on any atom is 0.258 e. The minimum atomic E-state index is -1.70. The van der Waals surface area contributed by atoms with Gasteiger partial charge in [0.15, 0.2) is 12.0 Å². The summed E-state index contributed by atoms with van der Waals surface area (Å²) in [5.41, 5.74) is 5.67. The lowest BCUT2D eigenvalue weighted by Crippen LogP contribution is -2.54. The number of amides is 1. The highest BCUT2D eigenvalue weighted by atomic mass is 16.5. The van der Waals surface area contributed by atoms with E-state index in [2.05, 4.69) is 0 Å². The van der Waals surface area contributed by atoms with E-state index in [1.807, 2.05) is 0 Å². The lowest BCUT2D eigenvalue weighted by atomic mass is 10.1. The fraction of sp³-hybridized carbons (Fsp3) is 0.417. The number of hydrogen-bond donors (Lipinski definition) is 4. The number of aromatic hydroxyl groups is 1. The number of nitrogen functional groups attached to an aromatic ring is 1. The number of aliphatic hydroxyl groups excluding tert-OH is 1. The van der Waals surface area contributed by atoms with Gasteiger partial charge in [0.05, 0.1) is 24.5 Å². The molecule has 19 heavy (non-hydrogen) atoms. The van der Waals surface area contributed by atoms with E-state index in [1.54, 1.807) is 6.07 Å². The van der Waals surface area contributed by atoms with Gasteiger partial charge in [-0.1, -0.05) is 6.07 Å². The monoisotopic (exact) mass is 268 g/mol. The lowest BCUT2D eigenvalue weighted by molar-refractivity contribution is -0.131. The van der Waals surface area contributed by atoms with Crippen molar-refractivity contribution >= 4 is 11.6 Å². The molecule has 0 aromatic heterocycles. The van der Waals surface area contributed by atoms with Gasteiger partial charge in [0, 0.05) is 6.54 Å². The number of phenolic OH excluding ortho intramolecular Hbond substituents is 1. The third-order valence-electron chi connectivity index (χ3n) is 3.07. The summed E-state index contributed by atoms with van der Waals surface area (Å²) < 4.78 is 5.11. The first-order valence-corrected chi connectivity index (χ1v) is 5.84. The van der Waals surface area contributed by atoms with Crippen LogP contribution in [0.1, 0.15) is 10.4 Å². The standard InChI is InChI=1S/C12H16N2O5/c13-8-3-1-2-7(10(8)15)11(16)14-4-5-19-6-9(14)12(17)18/h1-3,9,12,15,17-18H,4-6,13H2. The maximum absolute atomic E-state index is 12.3. The zero-order chi connectivity index (χ0) is 14.0. The fourth-order valence-corrected chi connectivity index (χ4v) is 2.01. The second-order valence-corrected chi connectivity index (χ2v) is 4.30. The first-order chi connectivity index (χ1) is 9.02. The van der Waals surface area contributed by atoms with E-state index in [9.17, 15) is 20.1 Å². The van der Waals surface area contributed by atoms with Crippen LogP contribution in [0.2, 0.25) is 0 Å². The molecule has 1 aliphatic rings. The number of carbonyl (C=O) groups excluding carboxylic acids is 1. The lowest BCUT2D eigenvalue weighted by Gasteiger charge is -2.36. The molecule has 0 bridgehead atoms. The van der Waals surface area contributed by atoms with Crippen molar-refractivity contribution < 1.29 is 24.9 Å². The van der Waals surface area contributed by atoms with Gasteiger partial charge >= 0.3 is 0 Å². The van der Waals surface area contributed by atoms with Gasteiger partial charge in [-0.15, -0.1) is 0 Å². The molecule has 1 atom stereocenters. The molecule has 7 nitrogen and oxygen atoms in total. The largest absolute Gasteiger partial charge is 0.505 e. The molecular weight excluding hydrogens is 252 g/mol. The van der Waals surface area contributed by atoms with Gasteiger partial charge in [-0.05, 0) is 12.1 Å². The Balaban J connectivity index is 2.29. The molecule has 1 amide bonds. The predicted molar refractivity (Wildman–Crippen MR) is 66.4 cm³/mol. The average molecular weight is 268 g/mol. The Kier molecular flexibility index (Phi) is 3.89. The molecule has 1 heterocycles. The minimum absolute atomic E-state index is 0.0342. The van der Waals surface area contributed by atoms with Crippen molar-refractivity contribution in [3.63, 3.8) is 0 Å². The molecule has 1 fully saturated rings. The van der Waals surface area contributed by atoms with Crippen LogP contribution in [0.25, 0.3) is 0 Å². The molecule has 0 spiro atoms. The van der Waals surface area contributed by atoms with Crippen LogP contribution >= 0.6 is 0 Å². The Hall–Kier alpha value is -1.83. The number of phenols is 1. The Morgan fingerprint density at radius 1 is 1.47 bits per heavy atom. The molecule has 0 saturated carbocycles. The topological polar surface area (TPSA) is 116 Å². The van der Waals surface area contributed by atoms with Crippen LogP contribution in [0.3, 0.4) is 0 Å². The number of nitrogens with two attached hydrogens (primary N) is 1. The summed E-state index contributed by atoms with van der Waals surface area (Å²) in [5, 5.41) is 28.3. The van der Waals surface area contributed by atoms with E-state index in [-0.39, 0.29) is 30.2 Å². The van der Waals surface area contributed by atoms with E-state index < -0.39 is 18.2 Å². The van der Waals surface area contributed by atoms with Crippen molar-refractivity contribution in [2.24, 2.45) is 0 Å². The van der Waals surface area contributed by atoms with Crippen LogP contribution in [0.15, 0.2) is 18.2 Å². The van der Waals surface area contributed by atoms with Gasteiger partial charge < -0.3 is 30.7 Å². The molecule has 1 saturated heterocycles. The van der Waals surface area contributed by atoms with Crippen molar-refractivity contribution in [1.82, 2.24) is 4.90 Å². The normalized spacial score (nSPS) is 19.7. The summed E-state index contributed by atoms with van der Waals surface area (Å²) in [5.74, 6) is -0.809. The number of carbonyl (C=O) groups is 1. The first kappa shape index (κ1) is 13.6. The summed E-state index contributed by atoms with van der Waals surface area (Å²) in [6, 6.07) is 3.60. The molecule has 2 rings (SSSR count). The number of aliphatic hydroxyl groups is 2. The van der Waals surface area contributed by atoms with Gasteiger partial charge in [0.25, 0.3) is 5.91 Å². The second kappa shape index (κ2) is 5.43. The summed E-state index contributed by atoms with van der Waals surface area (Å²) in [6.07, 6.45) is -1.70. The van der Waals surface area contributed by atoms with E-state index in [1.165, 1.54) is 17.0 Å². The van der Waals surface area contributed by atoms with E-state index in [0.29, 0.717) is 6.61 Å². The molecule has 1 aliphatic heterocycles. The zero-order valence-corrected chi connectivity index (χ0v) is 10.2. The predicted octanol–water partition coefficient (Wildman–Crippen LogP) is -0.874. The van der Waals surface area contributed by atoms with Gasteiger partial charge in [-0.3, -0.25) is 4.79 Å². The molecule has 0 aliphatic carbocycles. The van der Waals surface area contributed by atoms with Gasteiger partial charge in [0.1, 0.15) is 6.04 Å². The number of benzene rings is 1. The molecule has 1 aromatic carbocycles. The number of rotatable bonds is 2. The number of nitrogens with zero attached hydrogens (tertiary/aromatic N) is 1. The minimum Gasteiger partial charge on any atom is -0.505 e. The van der Waals surface area contributed by atoms with Crippen molar-refractivity contribution in [2.75, 3.05) is 25.5 Å². The molecule has 1 unspecified atom stereocenters. The van der Waals surface area contributed by atoms with Crippen molar-refractivity contribution in [1.29, 1.82) is 0 Å². The molecule has 1 aromatic rings. The average Bonchev–Trinajstić information content (AvgIpc) is 2.41. The van der Waals surface area contributed by atoms with Crippen LogP contribution in [-0.2, 0) is 4.74 Å². The Morgan fingerprint density at radius 2 is 2.21 bits per heavy atom. The van der Waals surface area contributed by atoms with Crippen LogP contribution in [0, 0.1) is 0 Å². The maximum atomic E-state index is 12.3. The van der Waals surface area contributed by atoms with Crippen molar-refractivity contribution in [2.45, 2.75) is 12.3 Å². The third kappa shape index (κ3) is 2.62. The van der Waals surface area contributed by atoms with Crippen molar-refractivity contribution in [3.05, 3.63) is 23.8 Å². The molecule has 0 radical (unpaired) electrons. The van der Waals surface area contributed by atoms with Gasteiger partial charge in [-0.25, -0.2) is 0 Å². The Morgan fingerprint density at radius 3 is 2.89 bits per heavy atom. The van der Waals surface area contributed by atoms with Crippen molar-refractivity contribution in [3.8, 4) is 5.75 Å². The van der Waals surface area contributed by atoms with E-state index in [0.717, 1.165) is 0 Å². The highest BCUT2D eigenvalue weighted by Gasteiger charge is 2.33. The third-order valence-corrected chi connectivity index (χ3v) is 3.07. The van der Waals surface area contributed by atoms with Gasteiger partial charge in [0.2, 0.25) is 0 Å². The highest BCUT2D eigenvalue weighted by Crippen LogP contribution is 2.27. The number of anilines is 1. The number of morpholine rings is 1. The molecular formula is C12H16N2O5. The highest BCUT2D eigenvalue weighted by molar-refractivity contribution is 5.98. The summed E-state index contributed by atoms with van der Waals surface area (Å²) >= 11 is 0. The van der Waals surface area contributed by atoms with Gasteiger partial charge in [-0.2, -0.15) is 0 Å². The molecule has 7 heteroatoms. The van der Waals surface area contributed by atoms with Crippen LogP contribution in [-0.4, -0.2) is 58.2 Å². The van der Waals surface area contributed by atoms with Crippen LogP contribution < -0.4 is 5.73 Å². The number of para-hydroxylation sites is 1. The van der Waals surface area contributed by atoms with E-state index >= 15 is 0 Å². The summed E-state index contributed by atoms with van der Waals surface area (Å²) in [6.45, 7) is 0.555. The SMILES string of the molecule is Nc1cccc(C(=O)N2CCOCC2C(O)O)c1O. The number of ether oxygens (including phenoxy) is 1. The number of hydrogen-bond acceptors (Lipinski definition) is 6. The van der Waals surface area contributed by atoms with Crippen LogP contribution in [0.4, 0.5) is 5.69 Å². The second-order valence-electron chi connectivity index (χ2n) is 4.30. The Labute approximate surface area is 109 Å². The zero-order valence-electron chi connectivity index (χ0n) is 10.2. The van der Waals surface area contributed by atoms with E-state index in [4.69, 9.17) is 10.5 Å². The molecule has 104 valence electrons. The first-order valence-electron chi connectivity index (χ1n) is 5.84. The summed E-state index contributed by atoms with van der Waals surface area (Å²) in [7, 11) is 0. The Bertz CT molecular complexity index is 477. The quantitative estimate of drug-likeness (QED) is 0.315. The van der Waals surface area contributed by atoms with Crippen LogP contribution in [0.5, 0.6) is 5.75 Å². The smallest absolute Gasteiger partial charge is 0.258 e. The summed E-state index contributed by atoms with van der Waals surface area (Å²) in [4.78, 5) is 13.6. The fourth-order valence-electron chi connectivity index (χ4n) is 2.01.